The largest absolute Gasteiger partial charge is 0.496 e. The first-order valence-electron chi connectivity index (χ1n) is 6.90. The lowest BCUT2D eigenvalue weighted by Crippen LogP contribution is -2.39. The van der Waals surface area contributed by atoms with Crippen LogP contribution in [-0.2, 0) is 6.54 Å². The normalized spacial score (nSPS) is 13.4. The molecular formula is C15H26BNO3. The molecule has 1 aromatic carbocycles. The topological polar surface area (TPSA) is 52.9 Å². The molecule has 0 radical (unpaired) electrons. The summed E-state index contributed by atoms with van der Waals surface area (Å²) in [5, 5.41) is 18.6. The second-order valence-electron chi connectivity index (χ2n) is 6.40. The van der Waals surface area contributed by atoms with Crippen molar-refractivity contribution in [1.82, 2.24) is 4.90 Å². The summed E-state index contributed by atoms with van der Waals surface area (Å²) in [5.41, 5.74) is 1.62. The minimum atomic E-state index is -1.45. The number of ether oxygens (including phenoxy) is 1. The quantitative estimate of drug-likeness (QED) is 0.796. The minimum absolute atomic E-state index is 0.177. The fraction of sp³-hybridized carbons (Fsp3) is 0.600. The smallest absolute Gasteiger partial charge is 0.488 e. The van der Waals surface area contributed by atoms with Gasteiger partial charge in [0.2, 0.25) is 0 Å². The lowest BCUT2D eigenvalue weighted by molar-refractivity contribution is 0.133. The van der Waals surface area contributed by atoms with Gasteiger partial charge in [0.05, 0.1) is 7.11 Å². The van der Waals surface area contributed by atoms with Crippen molar-refractivity contribution in [1.29, 1.82) is 0 Å². The van der Waals surface area contributed by atoms with Crippen LogP contribution < -0.4 is 10.2 Å². The molecule has 1 atom stereocenters. The summed E-state index contributed by atoms with van der Waals surface area (Å²) in [6.07, 6.45) is 0. The van der Waals surface area contributed by atoms with E-state index in [1.807, 2.05) is 0 Å². The van der Waals surface area contributed by atoms with E-state index in [9.17, 15) is 10.0 Å². The Morgan fingerprint density at radius 2 is 1.90 bits per heavy atom. The Kier molecular flexibility index (Phi) is 5.63. The molecule has 1 rings (SSSR count). The van der Waals surface area contributed by atoms with Crippen molar-refractivity contribution in [3.8, 4) is 5.75 Å². The van der Waals surface area contributed by atoms with Crippen LogP contribution in [0, 0.1) is 5.41 Å². The number of methoxy groups -OCH3 is 1. The standard InChI is InChI=1S/C15H26BNO3/c1-11(15(2,3)4)17(5)10-12-9-13(16(18)19)7-8-14(12)20-6/h7-9,11,18-19H,10H2,1-6H3. The van der Waals surface area contributed by atoms with Crippen molar-refractivity contribution in [3.63, 3.8) is 0 Å². The Morgan fingerprint density at radius 1 is 1.30 bits per heavy atom. The molecule has 0 bridgehead atoms. The third-order valence-electron chi connectivity index (χ3n) is 3.94. The van der Waals surface area contributed by atoms with E-state index >= 15 is 0 Å². The number of hydrogen-bond acceptors (Lipinski definition) is 4. The Labute approximate surface area is 122 Å². The molecular weight excluding hydrogens is 253 g/mol. The highest BCUT2D eigenvalue weighted by atomic mass is 16.5. The predicted octanol–water partition coefficient (Wildman–Crippen LogP) is 1.24. The summed E-state index contributed by atoms with van der Waals surface area (Å²) in [7, 11) is 2.24. The van der Waals surface area contributed by atoms with Crippen LogP contribution in [0.2, 0.25) is 0 Å². The van der Waals surface area contributed by atoms with E-state index in [0.717, 1.165) is 11.3 Å². The maximum Gasteiger partial charge on any atom is 0.488 e. The molecule has 112 valence electrons. The lowest BCUT2D eigenvalue weighted by atomic mass is 9.79. The van der Waals surface area contributed by atoms with E-state index in [4.69, 9.17) is 4.74 Å². The lowest BCUT2D eigenvalue weighted by Gasteiger charge is -2.35. The molecule has 4 nitrogen and oxygen atoms in total. The maximum atomic E-state index is 9.29. The average molecular weight is 279 g/mol. The van der Waals surface area contributed by atoms with Crippen LogP contribution in [0.1, 0.15) is 33.3 Å². The maximum absolute atomic E-state index is 9.29. The van der Waals surface area contributed by atoms with Crippen LogP contribution in [0.15, 0.2) is 18.2 Å². The molecule has 0 aliphatic carbocycles. The molecule has 0 spiro atoms. The molecule has 0 aliphatic heterocycles. The molecule has 0 aliphatic rings. The molecule has 0 amide bonds. The number of nitrogens with zero attached hydrogens (tertiary/aromatic N) is 1. The third kappa shape index (κ3) is 4.23. The van der Waals surface area contributed by atoms with Gasteiger partial charge in [0, 0.05) is 18.2 Å². The van der Waals surface area contributed by atoms with Crippen LogP contribution in [-0.4, -0.2) is 42.3 Å². The van der Waals surface area contributed by atoms with Crippen molar-refractivity contribution >= 4 is 12.6 Å². The Bertz CT molecular complexity index is 443. The van der Waals surface area contributed by atoms with Crippen molar-refractivity contribution in [3.05, 3.63) is 23.8 Å². The second-order valence-corrected chi connectivity index (χ2v) is 6.40. The molecule has 2 N–H and O–H groups in total. The van der Waals surface area contributed by atoms with Crippen LogP contribution in [0.3, 0.4) is 0 Å². The molecule has 0 saturated carbocycles. The number of hydrogen-bond donors (Lipinski definition) is 2. The Morgan fingerprint density at radius 3 is 2.35 bits per heavy atom. The highest BCUT2D eigenvalue weighted by Crippen LogP contribution is 2.26. The van der Waals surface area contributed by atoms with Gasteiger partial charge in [-0.15, -0.1) is 0 Å². The van der Waals surface area contributed by atoms with Gasteiger partial charge in [-0.25, -0.2) is 0 Å². The number of rotatable bonds is 5. The summed E-state index contributed by atoms with van der Waals surface area (Å²) < 4.78 is 5.36. The predicted molar refractivity (Wildman–Crippen MR) is 83.2 cm³/mol. The fourth-order valence-electron chi connectivity index (χ4n) is 2.15. The molecule has 1 aromatic rings. The first-order valence-corrected chi connectivity index (χ1v) is 6.90. The molecule has 0 saturated heterocycles. The van der Waals surface area contributed by atoms with Crippen molar-refractivity contribution in [2.75, 3.05) is 14.2 Å². The molecule has 20 heavy (non-hydrogen) atoms. The van der Waals surface area contributed by atoms with E-state index < -0.39 is 7.12 Å². The second kappa shape index (κ2) is 6.61. The van der Waals surface area contributed by atoms with E-state index in [0.29, 0.717) is 18.0 Å². The minimum Gasteiger partial charge on any atom is -0.496 e. The summed E-state index contributed by atoms with van der Waals surface area (Å²) in [4.78, 5) is 2.24. The fourth-order valence-corrected chi connectivity index (χ4v) is 2.15. The van der Waals surface area contributed by atoms with E-state index in [2.05, 4.69) is 39.6 Å². The van der Waals surface area contributed by atoms with Gasteiger partial charge in [-0.1, -0.05) is 32.9 Å². The van der Waals surface area contributed by atoms with Crippen molar-refractivity contribution < 1.29 is 14.8 Å². The number of benzene rings is 1. The average Bonchev–Trinajstić information content (AvgIpc) is 2.36. The Balaban J connectivity index is 2.98. The monoisotopic (exact) mass is 279 g/mol. The van der Waals surface area contributed by atoms with Gasteiger partial charge in [-0.3, -0.25) is 4.90 Å². The van der Waals surface area contributed by atoms with E-state index in [-0.39, 0.29) is 5.41 Å². The van der Waals surface area contributed by atoms with Gasteiger partial charge in [0.15, 0.2) is 0 Å². The van der Waals surface area contributed by atoms with Gasteiger partial charge in [0.1, 0.15) is 5.75 Å². The zero-order valence-electron chi connectivity index (χ0n) is 13.3. The summed E-state index contributed by atoms with van der Waals surface area (Å²) >= 11 is 0. The zero-order chi connectivity index (χ0) is 15.5. The van der Waals surface area contributed by atoms with Crippen LogP contribution in [0.4, 0.5) is 0 Å². The van der Waals surface area contributed by atoms with Crippen LogP contribution in [0.5, 0.6) is 5.75 Å². The SMILES string of the molecule is COc1ccc(B(O)O)cc1CN(C)C(C)C(C)(C)C. The van der Waals surface area contributed by atoms with Crippen LogP contribution in [0.25, 0.3) is 0 Å². The highest BCUT2D eigenvalue weighted by Gasteiger charge is 2.24. The molecule has 0 heterocycles. The molecule has 0 aromatic heterocycles. The van der Waals surface area contributed by atoms with Gasteiger partial charge in [0.25, 0.3) is 0 Å². The van der Waals surface area contributed by atoms with Crippen molar-refractivity contribution in [2.45, 2.75) is 40.3 Å². The van der Waals surface area contributed by atoms with Gasteiger partial charge in [-0.2, -0.15) is 0 Å². The molecule has 5 heteroatoms. The van der Waals surface area contributed by atoms with E-state index in [1.165, 1.54) is 0 Å². The summed E-state index contributed by atoms with van der Waals surface area (Å²) in [6.45, 7) is 9.51. The molecule has 0 fully saturated rings. The molecule has 1 unspecified atom stereocenters. The van der Waals surface area contributed by atoms with Crippen molar-refractivity contribution in [2.24, 2.45) is 5.41 Å². The van der Waals surface area contributed by atoms with Gasteiger partial charge < -0.3 is 14.8 Å². The summed E-state index contributed by atoms with van der Waals surface area (Å²) in [5.74, 6) is 0.766. The highest BCUT2D eigenvalue weighted by molar-refractivity contribution is 6.58. The summed E-state index contributed by atoms with van der Waals surface area (Å²) in [6, 6.07) is 5.62. The Hall–Kier alpha value is -1.04. The van der Waals surface area contributed by atoms with E-state index in [1.54, 1.807) is 25.3 Å². The first kappa shape index (κ1) is 17.0. The van der Waals surface area contributed by atoms with Gasteiger partial charge in [-0.05, 0) is 30.9 Å². The third-order valence-corrected chi connectivity index (χ3v) is 3.94. The zero-order valence-corrected chi connectivity index (χ0v) is 13.3. The van der Waals surface area contributed by atoms with Crippen LogP contribution >= 0.6 is 0 Å². The first-order chi connectivity index (χ1) is 9.16. The van der Waals surface area contributed by atoms with Gasteiger partial charge >= 0.3 is 7.12 Å².